The Balaban J connectivity index is 1.99. The Bertz CT molecular complexity index is 754. The van der Waals surface area contributed by atoms with E-state index in [-0.39, 0.29) is 11.6 Å². The number of nitro benzene ring substituents is 1. The van der Waals surface area contributed by atoms with E-state index in [1.807, 2.05) is 24.3 Å². The van der Waals surface area contributed by atoms with Gasteiger partial charge in [-0.2, -0.15) is 0 Å². The normalized spacial score (nSPS) is 10.6. The van der Waals surface area contributed by atoms with Gasteiger partial charge in [0, 0.05) is 31.8 Å². The standard InChI is InChI=1S/C18H18N2O4/c1-19(13-15-6-9-17(24-2)10-7-15)18(21)11-8-14-4-3-5-16(12-14)20(22)23/h3-12H,13H2,1-2H3/b11-8+. The first-order chi connectivity index (χ1) is 11.5. The van der Waals surface area contributed by atoms with Gasteiger partial charge in [-0.3, -0.25) is 14.9 Å². The first-order valence-corrected chi connectivity index (χ1v) is 7.30. The molecule has 2 aromatic carbocycles. The number of carbonyl (C=O) groups excluding carboxylic acids is 1. The molecule has 0 aliphatic heterocycles. The van der Waals surface area contributed by atoms with Crippen molar-refractivity contribution in [2.45, 2.75) is 6.54 Å². The smallest absolute Gasteiger partial charge is 0.270 e. The van der Waals surface area contributed by atoms with Crippen LogP contribution < -0.4 is 4.74 Å². The summed E-state index contributed by atoms with van der Waals surface area (Å²) in [6.45, 7) is 0.460. The van der Waals surface area contributed by atoms with Crippen LogP contribution in [-0.4, -0.2) is 29.9 Å². The van der Waals surface area contributed by atoms with E-state index in [2.05, 4.69) is 0 Å². The summed E-state index contributed by atoms with van der Waals surface area (Å²) in [7, 11) is 3.30. The van der Waals surface area contributed by atoms with Gasteiger partial charge < -0.3 is 9.64 Å². The lowest BCUT2D eigenvalue weighted by Crippen LogP contribution is -2.24. The summed E-state index contributed by atoms with van der Waals surface area (Å²) >= 11 is 0. The third-order valence-electron chi connectivity index (χ3n) is 3.45. The highest BCUT2D eigenvalue weighted by atomic mass is 16.6. The molecular weight excluding hydrogens is 308 g/mol. The minimum Gasteiger partial charge on any atom is -0.497 e. The Labute approximate surface area is 140 Å². The van der Waals surface area contributed by atoms with Crippen molar-refractivity contribution in [1.29, 1.82) is 0 Å². The molecule has 6 nitrogen and oxygen atoms in total. The van der Waals surface area contributed by atoms with Gasteiger partial charge in [0.2, 0.25) is 5.91 Å². The Hall–Kier alpha value is -3.15. The molecule has 2 rings (SSSR count). The average Bonchev–Trinajstić information content (AvgIpc) is 2.60. The van der Waals surface area contributed by atoms with Crippen molar-refractivity contribution < 1.29 is 14.5 Å². The van der Waals surface area contributed by atoms with Crippen LogP contribution in [0.1, 0.15) is 11.1 Å². The molecule has 0 fully saturated rings. The average molecular weight is 326 g/mol. The lowest BCUT2D eigenvalue weighted by Gasteiger charge is -2.15. The molecule has 0 unspecified atom stereocenters. The topological polar surface area (TPSA) is 72.7 Å². The van der Waals surface area contributed by atoms with Crippen LogP contribution in [0, 0.1) is 10.1 Å². The second-order valence-corrected chi connectivity index (χ2v) is 5.23. The lowest BCUT2D eigenvalue weighted by molar-refractivity contribution is -0.384. The maximum absolute atomic E-state index is 12.1. The van der Waals surface area contributed by atoms with E-state index < -0.39 is 4.92 Å². The predicted octanol–water partition coefficient (Wildman–Crippen LogP) is 3.28. The van der Waals surface area contributed by atoms with Crippen molar-refractivity contribution in [3.05, 3.63) is 75.8 Å². The van der Waals surface area contributed by atoms with Crippen LogP contribution in [0.4, 0.5) is 5.69 Å². The summed E-state index contributed by atoms with van der Waals surface area (Å²) < 4.78 is 5.10. The van der Waals surface area contributed by atoms with Gasteiger partial charge in [-0.25, -0.2) is 0 Å². The highest BCUT2D eigenvalue weighted by Gasteiger charge is 2.07. The molecule has 0 bridgehead atoms. The summed E-state index contributed by atoms with van der Waals surface area (Å²) in [5.74, 6) is 0.579. The second-order valence-electron chi connectivity index (χ2n) is 5.23. The van der Waals surface area contributed by atoms with Gasteiger partial charge >= 0.3 is 0 Å². The van der Waals surface area contributed by atoms with E-state index in [0.29, 0.717) is 12.1 Å². The minimum atomic E-state index is -0.463. The molecule has 0 aliphatic carbocycles. The number of non-ortho nitro benzene ring substituents is 1. The molecule has 0 N–H and O–H groups in total. The molecule has 24 heavy (non-hydrogen) atoms. The largest absolute Gasteiger partial charge is 0.497 e. The zero-order chi connectivity index (χ0) is 17.5. The molecule has 124 valence electrons. The van der Waals surface area contributed by atoms with E-state index in [0.717, 1.165) is 11.3 Å². The van der Waals surface area contributed by atoms with E-state index in [4.69, 9.17) is 4.74 Å². The van der Waals surface area contributed by atoms with Crippen molar-refractivity contribution in [3.8, 4) is 5.75 Å². The zero-order valence-electron chi connectivity index (χ0n) is 13.5. The summed E-state index contributed by atoms with van der Waals surface area (Å²) in [4.78, 5) is 24.0. The molecule has 0 aliphatic rings. The molecule has 2 aromatic rings. The molecule has 0 saturated heterocycles. The monoisotopic (exact) mass is 326 g/mol. The molecule has 0 saturated carbocycles. The summed E-state index contributed by atoms with van der Waals surface area (Å²) in [6.07, 6.45) is 2.97. The number of ether oxygens (including phenoxy) is 1. The fourth-order valence-corrected chi connectivity index (χ4v) is 2.12. The van der Waals surface area contributed by atoms with Crippen LogP contribution >= 0.6 is 0 Å². The highest BCUT2D eigenvalue weighted by molar-refractivity contribution is 5.91. The number of likely N-dealkylation sites (N-methyl/N-ethyl adjacent to an activating group) is 1. The van der Waals surface area contributed by atoms with Crippen LogP contribution in [0.25, 0.3) is 6.08 Å². The highest BCUT2D eigenvalue weighted by Crippen LogP contribution is 2.15. The minimum absolute atomic E-state index is 0.00353. The molecular formula is C18H18N2O4. The first kappa shape index (κ1) is 17.2. The van der Waals surface area contributed by atoms with Gasteiger partial charge in [-0.15, -0.1) is 0 Å². The Kier molecular flexibility index (Phi) is 5.68. The molecule has 0 atom stereocenters. The first-order valence-electron chi connectivity index (χ1n) is 7.30. The zero-order valence-corrected chi connectivity index (χ0v) is 13.5. The van der Waals surface area contributed by atoms with Crippen molar-refractivity contribution in [1.82, 2.24) is 4.90 Å². The van der Waals surface area contributed by atoms with Crippen LogP contribution in [0.2, 0.25) is 0 Å². The summed E-state index contributed by atoms with van der Waals surface area (Å²) in [5.41, 5.74) is 1.59. The third-order valence-corrected chi connectivity index (χ3v) is 3.45. The Morgan fingerprint density at radius 2 is 1.96 bits per heavy atom. The summed E-state index contributed by atoms with van der Waals surface area (Å²) in [5, 5.41) is 10.7. The van der Waals surface area contributed by atoms with Gasteiger partial charge in [0.1, 0.15) is 5.75 Å². The van der Waals surface area contributed by atoms with Crippen LogP contribution in [0.3, 0.4) is 0 Å². The predicted molar refractivity (Wildman–Crippen MR) is 91.6 cm³/mol. The van der Waals surface area contributed by atoms with E-state index >= 15 is 0 Å². The van der Waals surface area contributed by atoms with E-state index in [9.17, 15) is 14.9 Å². The van der Waals surface area contributed by atoms with E-state index in [1.54, 1.807) is 37.3 Å². The number of nitro groups is 1. The maximum atomic E-state index is 12.1. The fourth-order valence-electron chi connectivity index (χ4n) is 2.12. The number of benzene rings is 2. The molecule has 0 heterocycles. The van der Waals surface area contributed by atoms with Gasteiger partial charge in [0.25, 0.3) is 5.69 Å². The fraction of sp³-hybridized carbons (Fsp3) is 0.167. The number of hydrogen-bond acceptors (Lipinski definition) is 4. The van der Waals surface area contributed by atoms with Gasteiger partial charge in [-0.1, -0.05) is 24.3 Å². The van der Waals surface area contributed by atoms with Crippen molar-refractivity contribution in [2.75, 3.05) is 14.2 Å². The number of carbonyl (C=O) groups is 1. The van der Waals surface area contributed by atoms with Gasteiger partial charge in [-0.05, 0) is 29.3 Å². The molecule has 6 heteroatoms. The maximum Gasteiger partial charge on any atom is 0.270 e. The number of nitrogens with zero attached hydrogens (tertiary/aromatic N) is 2. The molecule has 0 radical (unpaired) electrons. The Morgan fingerprint density at radius 3 is 2.58 bits per heavy atom. The van der Waals surface area contributed by atoms with Crippen molar-refractivity contribution in [2.24, 2.45) is 0 Å². The van der Waals surface area contributed by atoms with Gasteiger partial charge in [0.05, 0.1) is 12.0 Å². The molecule has 0 spiro atoms. The lowest BCUT2D eigenvalue weighted by atomic mass is 10.2. The van der Waals surface area contributed by atoms with Gasteiger partial charge in [0.15, 0.2) is 0 Å². The summed E-state index contributed by atoms with van der Waals surface area (Å²) in [6, 6.07) is 13.6. The third kappa shape index (κ3) is 4.67. The van der Waals surface area contributed by atoms with Crippen molar-refractivity contribution >= 4 is 17.7 Å². The SMILES string of the molecule is COc1ccc(CN(C)C(=O)/C=C/c2cccc([N+](=O)[O-])c2)cc1. The molecule has 1 amide bonds. The Morgan fingerprint density at radius 1 is 1.25 bits per heavy atom. The number of methoxy groups -OCH3 is 1. The number of rotatable bonds is 6. The number of hydrogen-bond donors (Lipinski definition) is 0. The van der Waals surface area contributed by atoms with E-state index in [1.165, 1.54) is 18.2 Å². The molecule has 0 aromatic heterocycles. The van der Waals surface area contributed by atoms with Crippen molar-refractivity contribution in [3.63, 3.8) is 0 Å². The second kappa shape index (κ2) is 7.92. The van der Waals surface area contributed by atoms with Crippen LogP contribution in [-0.2, 0) is 11.3 Å². The van der Waals surface area contributed by atoms with Crippen LogP contribution in [0.5, 0.6) is 5.75 Å². The van der Waals surface area contributed by atoms with Crippen LogP contribution in [0.15, 0.2) is 54.6 Å². The quantitative estimate of drug-likeness (QED) is 0.464. The number of amides is 1.